The van der Waals surface area contributed by atoms with Crippen molar-refractivity contribution in [3.05, 3.63) is 87.4 Å². The summed E-state index contributed by atoms with van der Waals surface area (Å²) >= 11 is 18.5. The molecule has 1 saturated carbocycles. The van der Waals surface area contributed by atoms with Gasteiger partial charge < -0.3 is 15.0 Å². The zero-order valence-electron chi connectivity index (χ0n) is 24.6. The van der Waals surface area contributed by atoms with Crippen LogP contribution in [-0.4, -0.2) is 50.9 Å². The maximum atomic E-state index is 14.3. The van der Waals surface area contributed by atoms with Crippen molar-refractivity contribution in [2.45, 2.75) is 69.0 Å². The third kappa shape index (κ3) is 8.38. The topological polar surface area (TPSA) is 96.0 Å². The lowest BCUT2D eigenvalue weighted by Gasteiger charge is -2.34. The monoisotopic (exact) mass is 679 g/mol. The van der Waals surface area contributed by atoms with Crippen molar-refractivity contribution in [2.75, 3.05) is 18.0 Å². The Morgan fingerprint density at radius 2 is 1.59 bits per heavy atom. The molecule has 0 radical (unpaired) electrons. The number of halogens is 3. The van der Waals surface area contributed by atoms with Crippen LogP contribution in [0.25, 0.3) is 0 Å². The molecule has 4 rings (SSSR count). The number of carbonyl (C=O) groups is 2. The number of methoxy groups -OCH3 is 1. The molecule has 44 heavy (non-hydrogen) atoms. The lowest BCUT2D eigenvalue weighted by molar-refractivity contribution is -0.140. The largest absolute Gasteiger partial charge is 0.497 e. The number of ether oxygens (including phenoxy) is 1. The van der Waals surface area contributed by atoms with Gasteiger partial charge in [-0.15, -0.1) is 0 Å². The number of carbonyl (C=O) groups excluding carboxylic acids is 2. The smallest absolute Gasteiger partial charge is 0.264 e. The van der Waals surface area contributed by atoms with Gasteiger partial charge in [0, 0.05) is 17.6 Å². The van der Waals surface area contributed by atoms with Crippen LogP contribution in [0.5, 0.6) is 5.75 Å². The van der Waals surface area contributed by atoms with E-state index in [0.29, 0.717) is 32.8 Å². The van der Waals surface area contributed by atoms with Crippen LogP contribution >= 0.6 is 34.8 Å². The minimum atomic E-state index is -4.23. The average Bonchev–Trinajstić information content (AvgIpc) is 3.02. The molecule has 12 heteroatoms. The lowest BCUT2D eigenvalue weighted by atomic mass is 9.95. The summed E-state index contributed by atoms with van der Waals surface area (Å²) in [7, 11) is -2.75. The SMILES string of the molecule is CCC(C(=O)NC1CCCCC1)N(Cc1ccc(Cl)c(Cl)c1)C(=O)CN(c1ccc(Cl)cc1)S(=O)(=O)c1ccc(OC)cc1. The van der Waals surface area contributed by atoms with Gasteiger partial charge in [-0.3, -0.25) is 13.9 Å². The first-order chi connectivity index (χ1) is 21.0. The minimum Gasteiger partial charge on any atom is -0.497 e. The van der Waals surface area contributed by atoms with Crippen LogP contribution in [-0.2, 0) is 26.2 Å². The van der Waals surface area contributed by atoms with Crippen LogP contribution < -0.4 is 14.4 Å². The van der Waals surface area contributed by atoms with Crippen LogP contribution in [0.1, 0.15) is 51.0 Å². The third-order valence-corrected chi connectivity index (χ3v) is 10.5. The fourth-order valence-electron chi connectivity index (χ4n) is 5.31. The summed E-state index contributed by atoms with van der Waals surface area (Å²) in [6.45, 7) is 1.28. The van der Waals surface area contributed by atoms with Crippen LogP contribution in [0, 0.1) is 0 Å². The van der Waals surface area contributed by atoms with E-state index in [9.17, 15) is 18.0 Å². The number of nitrogens with one attached hydrogen (secondary N) is 1. The van der Waals surface area contributed by atoms with Crippen molar-refractivity contribution in [3.8, 4) is 5.75 Å². The Bertz CT molecular complexity index is 1550. The third-order valence-electron chi connectivity index (χ3n) is 7.72. The molecule has 2 amide bonds. The van der Waals surface area contributed by atoms with E-state index in [4.69, 9.17) is 39.5 Å². The van der Waals surface area contributed by atoms with E-state index in [1.807, 2.05) is 6.92 Å². The van der Waals surface area contributed by atoms with E-state index < -0.39 is 28.5 Å². The van der Waals surface area contributed by atoms with Gasteiger partial charge in [0.2, 0.25) is 11.8 Å². The van der Waals surface area contributed by atoms with Crippen LogP contribution in [0.2, 0.25) is 15.1 Å². The molecule has 1 unspecified atom stereocenters. The molecule has 0 heterocycles. The Labute approximate surface area is 274 Å². The van der Waals surface area contributed by atoms with Gasteiger partial charge >= 0.3 is 0 Å². The highest BCUT2D eigenvalue weighted by Gasteiger charge is 2.34. The molecule has 0 aromatic heterocycles. The Morgan fingerprint density at radius 1 is 0.932 bits per heavy atom. The summed E-state index contributed by atoms with van der Waals surface area (Å²) in [6.07, 6.45) is 5.28. The molecule has 1 aliphatic rings. The van der Waals surface area contributed by atoms with Crippen molar-refractivity contribution in [3.63, 3.8) is 0 Å². The van der Waals surface area contributed by atoms with Gasteiger partial charge in [0.15, 0.2) is 0 Å². The molecule has 0 saturated heterocycles. The molecular formula is C32H36Cl3N3O5S. The fourth-order valence-corrected chi connectivity index (χ4v) is 7.17. The van der Waals surface area contributed by atoms with E-state index in [-0.39, 0.29) is 29.1 Å². The van der Waals surface area contributed by atoms with Crippen LogP contribution in [0.4, 0.5) is 5.69 Å². The maximum absolute atomic E-state index is 14.3. The van der Waals surface area contributed by atoms with Gasteiger partial charge in [0.1, 0.15) is 18.3 Å². The number of amides is 2. The van der Waals surface area contributed by atoms with Gasteiger partial charge in [0.05, 0.1) is 27.7 Å². The molecule has 0 spiro atoms. The molecular weight excluding hydrogens is 645 g/mol. The lowest BCUT2D eigenvalue weighted by Crippen LogP contribution is -2.54. The summed E-state index contributed by atoms with van der Waals surface area (Å²) in [4.78, 5) is 29.3. The number of benzene rings is 3. The summed E-state index contributed by atoms with van der Waals surface area (Å²) < 4.78 is 34.3. The predicted octanol–water partition coefficient (Wildman–Crippen LogP) is 7.11. The van der Waals surface area contributed by atoms with E-state index in [0.717, 1.165) is 36.4 Å². The molecule has 236 valence electrons. The summed E-state index contributed by atoms with van der Waals surface area (Å²) in [5, 5.41) is 4.20. The summed E-state index contributed by atoms with van der Waals surface area (Å²) in [5.41, 5.74) is 0.889. The highest BCUT2D eigenvalue weighted by atomic mass is 35.5. The van der Waals surface area contributed by atoms with Gasteiger partial charge in [-0.1, -0.05) is 67.1 Å². The summed E-state index contributed by atoms with van der Waals surface area (Å²) in [6, 6.07) is 16.3. The first-order valence-corrected chi connectivity index (χ1v) is 17.1. The number of nitrogens with zero attached hydrogens (tertiary/aromatic N) is 2. The summed E-state index contributed by atoms with van der Waals surface area (Å²) in [5.74, 6) is -0.349. The van der Waals surface area contributed by atoms with Crippen LogP contribution in [0.3, 0.4) is 0 Å². The normalized spacial score (nSPS) is 14.5. The number of sulfonamides is 1. The molecule has 0 aliphatic heterocycles. The second-order valence-corrected chi connectivity index (χ2v) is 13.8. The van der Waals surface area contributed by atoms with E-state index >= 15 is 0 Å². The van der Waals surface area contributed by atoms with E-state index in [1.54, 1.807) is 30.3 Å². The van der Waals surface area contributed by atoms with Crippen molar-refractivity contribution >= 4 is 62.3 Å². The number of anilines is 1. The molecule has 1 fully saturated rings. The van der Waals surface area contributed by atoms with Gasteiger partial charge in [-0.05, 0) is 85.5 Å². The van der Waals surface area contributed by atoms with Gasteiger partial charge in [-0.2, -0.15) is 0 Å². The van der Waals surface area contributed by atoms with Crippen molar-refractivity contribution < 1.29 is 22.7 Å². The zero-order valence-corrected chi connectivity index (χ0v) is 27.7. The van der Waals surface area contributed by atoms with E-state index in [2.05, 4.69) is 5.32 Å². The number of rotatable bonds is 12. The first kappa shape index (κ1) is 33.9. The Morgan fingerprint density at radius 3 is 2.18 bits per heavy atom. The first-order valence-electron chi connectivity index (χ1n) is 14.5. The van der Waals surface area contributed by atoms with Crippen molar-refractivity contribution in [1.29, 1.82) is 0 Å². The van der Waals surface area contributed by atoms with Crippen molar-refractivity contribution in [2.24, 2.45) is 0 Å². The molecule has 3 aromatic carbocycles. The van der Waals surface area contributed by atoms with Crippen molar-refractivity contribution in [1.82, 2.24) is 10.2 Å². The highest BCUT2D eigenvalue weighted by Crippen LogP contribution is 2.28. The molecule has 0 bridgehead atoms. The van der Waals surface area contributed by atoms with Gasteiger partial charge in [-0.25, -0.2) is 8.42 Å². The average molecular weight is 681 g/mol. The fraction of sp³-hybridized carbons (Fsp3) is 0.375. The quantitative estimate of drug-likeness (QED) is 0.220. The molecule has 1 aliphatic carbocycles. The Balaban J connectivity index is 1.71. The predicted molar refractivity (Wildman–Crippen MR) is 175 cm³/mol. The highest BCUT2D eigenvalue weighted by molar-refractivity contribution is 7.92. The molecule has 3 aromatic rings. The zero-order chi connectivity index (χ0) is 31.9. The maximum Gasteiger partial charge on any atom is 0.264 e. The standard InChI is InChI=1S/C32H36Cl3N3O5S/c1-3-30(32(40)36-24-7-5-4-6-8-24)37(20-22-9-18-28(34)29(35)19-22)31(39)21-38(25-12-10-23(33)11-13-25)44(41,42)27-16-14-26(43-2)15-17-27/h9-19,24,30H,3-8,20-21H2,1-2H3,(H,36,40). The second kappa shape index (κ2) is 15.3. The Kier molecular flexibility index (Phi) is 11.8. The van der Waals surface area contributed by atoms with Gasteiger partial charge in [0.25, 0.3) is 10.0 Å². The number of hydrogen-bond donors (Lipinski definition) is 1. The van der Waals surface area contributed by atoms with Crippen LogP contribution in [0.15, 0.2) is 71.6 Å². The molecule has 1 atom stereocenters. The Hall–Kier alpha value is -2.98. The van der Waals surface area contributed by atoms with E-state index in [1.165, 1.54) is 48.4 Å². The number of hydrogen-bond acceptors (Lipinski definition) is 5. The molecule has 1 N–H and O–H groups in total. The second-order valence-electron chi connectivity index (χ2n) is 10.7. The minimum absolute atomic E-state index is 0.0172. The molecule has 8 nitrogen and oxygen atoms in total.